The van der Waals surface area contributed by atoms with Crippen LogP contribution in [-0.4, -0.2) is 21.6 Å². The molecule has 122 valence electrons. The van der Waals surface area contributed by atoms with E-state index < -0.39 is 23.2 Å². The number of nitrogens with zero attached hydrogens (tertiary/aromatic N) is 1. The summed E-state index contributed by atoms with van der Waals surface area (Å²) in [6, 6.07) is 4.73. The summed E-state index contributed by atoms with van der Waals surface area (Å²) < 4.78 is 26.9. The molecule has 0 aliphatic rings. The second-order valence-electron chi connectivity index (χ2n) is 4.73. The van der Waals surface area contributed by atoms with Crippen molar-refractivity contribution in [1.82, 2.24) is 9.97 Å². The summed E-state index contributed by atoms with van der Waals surface area (Å²) in [7, 11) is 0. The Morgan fingerprint density at radius 3 is 2.70 bits per heavy atom. The van der Waals surface area contributed by atoms with Crippen molar-refractivity contribution < 1.29 is 13.6 Å². The van der Waals surface area contributed by atoms with Crippen molar-refractivity contribution in [3.8, 4) is 0 Å². The maximum Gasteiger partial charge on any atom is 0.251 e. The molecule has 0 spiro atoms. The van der Waals surface area contributed by atoms with E-state index in [4.69, 9.17) is 0 Å². The van der Waals surface area contributed by atoms with Crippen molar-refractivity contribution in [2.24, 2.45) is 0 Å². The lowest BCUT2D eigenvalue weighted by molar-refractivity contribution is -0.113. The van der Waals surface area contributed by atoms with E-state index in [1.807, 2.05) is 6.92 Å². The highest BCUT2D eigenvalue weighted by molar-refractivity contribution is 7.99. The number of carbonyl (C=O) groups is 1. The summed E-state index contributed by atoms with van der Waals surface area (Å²) in [5.41, 5.74) is -0.148. The van der Waals surface area contributed by atoms with Gasteiger partial charge in [-0.1, -0.05) is 31.2 Å². The molecule has 2 N–H and O–H groups in total. The highest BCUT2D eigenvalue weighted by atomic mass is 32.2. The number of H-pyrrole nitrogens is 1. The van der Waals surface area contributed by atoms with E-state index >= 15 is 0 Å². The van der Waals surface area contributed by atoms with Gasteiger partial charge >= 0.3 is 0 Å². The first kappa shape index (κ1) is 17.1. The molecule has 0 saturated heterocycles. The van der Waals surface area contributed by atoms with Gasteiger partial charge in [-0.3, -0.25) is 9.59 Å². The number of amides is 1. The first-order valence-electron chi connectivity index (χ1n) is 6.96. The van der Waals surface area contributed by atoms with Gasteiger partial charge in [0.2, 0.25) is 5.91 Å². The first-order valence-corrected chi connectivity index (χ1v) is 7.95. The summed E-state index contributed by atoms with van der Waals surface area (Å²) in [6.07, 6.45) is 1.50. The third kappa shape index (κ3) is 4.88. The highest BCUT2D eigenvalue weighted by Gasteiger charge is 2.12. The number of benzene rings is 1. The van der Waals surface area contributed by atoms with E-state index in [1.165, 1.54) is 12.1 Å². The number of aromatic amines is 1. The van der Waals surface area contributed by atoms with Crippen LogP contribution in [0, 0.1) is 11.6 Å². The number of nitrogens with one attached hydrogen (secondary N) is 2. The van der Waals surface area contributed by atoms with Crippen molar-refractivity contribution >= 4 is 23.4 Å². The number of hydrogen-bond donors (Lipinski definition) is 2. The summed E-state index contributed by atoms with van der Waals surface area (Å²) in [5.74, 6) is -2.42. The highest BCUT2D eigenvalue weighted by Crippen LogP contribution is 2.19. The van der Waals surface area contributed by atoms with Crippen LogP contribution in [-0.2, 0) is 11.2 Å². The topological polar surface area (TPSA) is 74.8 Å². The molecule has 1 aromatic carbocycles. The minimum Gasteiger partial charge on any atom is -0.320 e. The summed E-state index contributed by atoms with van der Waals surface area (Å²) in [6.45, 7) is 1.96. The molecular weight excluding hydrogens is 324 g/mol. The van der Waals surface area contributed by atoms with Crippen LogP contribution in [0.4, 0.5) is 14.5 Å². The number of carbonyl (C=O) groups excluding carboxylic acids is 1. The molecule has 1 heterocycles. The number of anilines is 1. The Hall–Kier alpha value is -2.22. The van der Waals surface area contributed by atoms with Crippen LogP contribution in [0.25, 0.3) is 0 Å². The van der Waals surface area contributed by atoms with Crippen LogP contribution in [0.1, 0.15) is 19.0 Å². The standard InChI is InChI=1S/C15H15F2N3O2S/c1-2-4-9-7-12(21)20-15(18-9)23-8-13(22)19-14-10(16)5-3-6-11(14)17/h3,5-7H,2,4,8H2,1H3,(H,19,22)(H,18,20,21). The van der Waals surface area contributed by atoms with Crippen molar-refractivity contribution in [2.75, 3.05) is 11.1 Å². The van der Waals surface area contributed by atoms with Crippen molar-refractivity contribution in [2.45, 2.75) is 24.9 Å². The van der Waals surface area contributed by atoms with Gasteiger partial charge in [0.1, 0.15) is 17.3 Å². The van der Waals surface area contributed by atoms with Gasteiger partial charge in [-0.05, 0) is 18.6 Å². The monoisotopic (exact) mass is 339 g/mol. The molecule has 5 nitrogen and oxygen atoms in total. The number of para-hydroxylation sites is 1. The Kier molecular flexibility index (Phi) is 5.86. The average molecular weight is 339 g/mol. The third-order valence-corrected chi connectivity index (χ3v) is 3.72. The normalized spacial score (nSPS) is 10.6. The molecule has 2 aromatic rings. The molecule has 2 rings (SSSR count). The van der Waals surface area contributed by atoms with E-state index in [2.05, 4.69) is 15.3 Å². The Morgan fingerprint density at radius 2 is 2.04 bits per heavy atom. The minimum atomic E-state index is -0.847. The first-order chi connectivity index (χ1) is 11.0. The second-order valence-corrected chi connectivity index (χ2v) is 5.69. The Balaban J connectivity index is 2.01. The lowest BCUT2D eigenvalue weighted by atomic mass is 10.2. The number of rotatable bonds is 6. The number of thioether (sulfide) groups is 1. The molecule has 1 aromatic heterocycles. The molecule has 0 atom stereocenters. The van der Waals surface area contributed by atoms with Gasteiger partial charge in [-0.25, -0.2) is 13.8 Å². The lowest BCUT2D eigenvalue weighted by Gasteiger charge is -2.07. The number of aromatic nitrogens is 2. The second kappa shape index (κ2) is 7.87. The Labute approximate surface area is 135 Å². The van der Waals surface area contributed by atoms with Crippen LogP contribution in [0.5, 0.6) is 0 Å². The molecule has 1 amide bonds. The Morgan fingerprint density at radius 1 is 1.35 bits per heavy atom. The largest absolute Gasteiger partial charge is 0.320 e. The fraction of sp³-hybridized carbons (Fsp3) is 0.267. The van der Waals surface area contributed by atoms with Crippen molar-refractivity contribution in [3.05, 3.63) is 51.9 Å². The van der Waals surface area contributed by atoms with Gasteiger partial charge in [0.05, 0.1) is 5.75 Å². The zero-order chi connectivity index (χ0) is 16.8. The fourth-order valence-electron chi connectivity index (χ4n) is 1.86. The SMILES string of the molecule is CCCc1cc(=O)[nH]c(SCC(=O)Nc2c(F)cccc2F)n1. The molecule has 23 heavy (non-hydrogen) atoms. The molecule has 0 bridgehead atoms. The van der Waals surface area contributed by atoms with Gasteiger partial charge < -0.3 is 10.3 Å². The molecule has 8 heteroatoms. The van der Waals surface area contributed by atoms with E-state index in [-0.39, 0.29) is 11.3 Å². The van der Waals surface area contributed by atoms with Crippen molar-refractivity contribution in [1.29, 1.82) is 0 Å². The number of hydrogen-bond acceptors (Lipinski definition) is 4. The predicted molar refractivity (Wildman–Crippen MR) is 84.6 cm³/mol. The predicted octanol–water partition coefficient (Wildman–Crippen LogP) is 2.73. The fourth-order valence-corrected chi connectivity index (χ4v) is 2.56. The maximum absolute atomic E-state index is 13.4. The maximum atomic E-state index is 13.4. The Bertz CT molecular complexity index is 744. The van der Waals surface area contributed by atoms with E-state index in [0.717, 1.165) is 30.3 Å². The zero-order valence-corrected chi connectivity index (χ0v) is 13.2. The van der Waals surface area contributed by atoms with Gasteiger partial charge in [0, 0.05) is 11.8 Å². The summed E-state index contributed by atoms with van der Waals surface area (Å²) in [4.78, 5) is 30.0. The van der Waals surface area contributed by atoms with Crippen LogP contribution < -0.4 is 10.9 Å². The van der Waals surface area contributed by atoms with E-state index in [0.29, 0.717) is 17.3 Å². The quantitative estimate of drug-likeness (QED) is 0.627. The summed E-state index contributed by atoms with van der Waals surface area (Å²) in [5, 5.41) is 2.47. The van der Waals surface area contributed by atoms with Crippen LogP contribution in [0.2, 0.25) is 0 Å². The minimum absolute atomic E-state index is 0.133. The molecule has 0 unspecified atom stereocenters. The molecule has 0 saturated carbocycles. The van der Waals surface area contributed by atoms with Crippen LogP contribution >= 0.6 is 11.8 Å². The van der Waals surface area contributed by atoms with Crippen LogP contribution in [0.3, 0.4) is 0 Å². The molecule has 0 aliphatic heterocycles. The summed E-state index contributed by atoms with van der Waals surface area (Å²) >= 11 is 0.990. The smallest absolute Gasteiger partial charge is 0.251 e. The van der Waals surface area contributed by atoms with Gasteiger partial charge in [0.25, 0.3) is 5.56 Å². The molecule has 0 fully saturated rings. The number of halogens is 2. The zero-order valence-electron chi connectivity index (χ0n) is 12.4. The lowest BCUT2D eigenvalue weighted by Crippen LogP contribution is -2.17. The third-order valence-electron chi connectivity index (χ3n) is 2.85. The molecule has 0 aliphatic carbocycles. The van der Waals surface area contributed by atoms with E-state index in [9.17, 15) is 18.4 Å². The van der Waals surface area contributed by atoms with Gasteiger partial charge in [-0.15, -0.1) is 0 Å². The van der Waals surface area contributed by atoms with E-state index in [1.54, 1.807) is 0 Å². The van der Waals surface area contributed by atoms with Gasteiger partial charge in [-0.2, -0.15) is 0 Å². The van der Waals surface area contributed by atoms with Gasteiger partial charge in [0.15, 0.2) is 5.16 Å². The average Bonchev–Trinajstić information content (AvgIpc) is 2.49. The molecular formula is C15H15F2N3O2S. The van der Waals surface area contributed by atoms with Crippen molar-refractivity contribution in [3.63, 3.8) is 0 Å². The van der Waals surface area contributed by atoms with Crippen LogP contribution in [0.15, 0.2) is 34.2 Å². The number of aryl methyl sites for hydroxylation is 1. The molecule has 0 radical (unpaired) electrons.